The second-order valence-corrected chi connectivity index (χ2v) is 4.71. The molecule has 0 radical (unpaired) electrons. The first-order valence-electron chi connectivity index (χ1n) is 6.37. The minimum absolute atomic E-state index is 0.250. The number of hydrogen-bond acceptors (Lipinski definition) is 4. The Morgan fingerprint density at radius 3 is 2.84 bits per heavy atom. The van der Waals surface area contributed by atoms with Gasteiger partial charge in [0.2, 0.25) is 0 Å². The standard InChI is InChI=1S/C14H18N2O3/c1-4-19-14(18)12(17)9-5-6-10-11(7-9)16-13(15-10)8(2)3/h5-8,12,17H,4H2,1-3H3,(H,15,16). The SMILES string of the molecule is CCOC(=O)C(O)c1ccc2nc(C(C)C)[nH]c2c1. The Labute approximate surface area is 111 Å². The van der Waals surface area contributed by atoms with Crippen LogP contribution in [0.1, 0.15) is 44.2 Å². The maximum atomic E-state index is 11.5. The molecule has 102 valence electrons. The number of carbonyl (C=O) groups is 1. The summed E-state index contributed by atoms with van der Waals surface area (Å²) in [6, 6.07) is 5.21. The zero-order chi connectivity index (χ0) is 14.0. The summed E-state index contributed by atoms with van der Waals surface area (Å²) in [6.45, 7) is 6.05. The van der Waals surface area contributed by atoms with Gasteiger partial charge in [-0.15, -0.1) is 0 Å². The number of aliphatic hydroxyl groups excluding tert-OH is 1. The Balaban J connectivity index is 2.33. The molecule has 0 saturated carbocycles. The molecule has 0 fully saturated rings. The summed E-state index contributed by atoms with van der Waals surface area (Å²) in [5, 5.41) is 9.89. The zero-order valence-corrected chi connectivity index (χ0v) is 11.3. The Morgan fingerprint density at radius 1 is 1.47 bits per heavy atom. The number of esters is 1. The highest BCUT2D eigenvalue weighted by molar-refractivity contribution is 5.81. The van der Waals surface area contributed by atoms with Gasteiger partial charge in [-0.1, -0.05) is 19.9 Å². The number of benzene rings is 1. The van der Waals surface area contributed by atoms with Crippen LogP contribution in [0.3, 0.4) is 0 Å². The molecule has 1 aromatic heterocycles. The number of rotatable bonds is 4. The molecule has 2 rings (SSSR count). The molecule has 0 saturated heterocycles. The van der Waals surface area contributed by atoms with Crippen molar-refractivity contribution in [2.75, 3.05) is 6.61 Å². The number of aromatic amines is 1. The predicted octanol–water partition coefficient (Wildman–Crippen LogP) is 2.28. The number of H-pyrrole nitrogens is 1. The fourth-order valence-electron chi connectivity index (χ4n) is 1.85. The van der Waals surface area contributed by atoms with E-state index in [1.807, 2.05) is 13.8 Å². The van der Waals surface area contributed by atoms with Crippen molar-refractivity contribution >= 4 is 17.0 Å². The maximum absolute atomic E-state index is 11.5. The van der Waals surface area contributed by atoms with Crippen LogP contribution >= 0.6 is 0 Å². The molecule has 0 amide bonds. The number of fused-ring (bicyclic) bond motifs is 1. The number of aromatic nitrogens is 2. The van der Waals surface area contributed by atoms with Crippen molar-refractivity contribution < 1.29 is 14.6 Å². The third-order valence-corrected chi connectivity index (χ3v) is 2.90. The minimum atomic E-state index is -1.25. The lowest BCUT2D eigenvalue weighted by Gasteiger charge is -2.09. The van der Waals surface area contributed by atoms with Crippen molar-refractivity contribution in [1.82, 2.24) is 9.97 Å². The van der Waals surface area contributed by atoms with Gasteiger partial charge in [-0.05, 0) is 24.6 Å². The van der Waals surface area contributed by atoms with Gasteiger partial charge in [-0.3, -0.25) is 0 Å². The number of nitrogens with zero attached hydrogens (tertiary/aromatic N) is 1. The van der Waals surface area contributed by atoms with E-state index >= 15 is 0 Å². The lowest BCUT2D eigenvalue weighted by molar-refractivity contribution is -0.153. The van der Waals surface area contributed by atoms with Gasteiger partial charge < -0.3 is 14.8 Å². The van der Waals surface area contributed by atoms with Crippen LogP contribution in [0.4, 0.5) is 0 Å². The molecule has 2 aromatic rings. The number of aliphatic hydroxyl groups is 1. The molecule has 0 aliphatic heterocycles. The van der Waals surface area contributed by atoms with E-state index < -0.39 is 12.1 Å². The van der Waals surface area contributed by atoms with E-state index in [9.17, 15) is 9.90 Å². The summed E-state index contributed by atoms with van der Waals surface area (Å²) < 4.78 is 4.80. The predicted molar refractivity (Wildman–Crippen MR) is 71.8 cm³/mol. The van der Waals surface area contributed by atoms with Gasteiger partial charge in [0.15, 0.2) is 6.10 Å². The van der Waals surface area contributed by atoms with Crippen LogP contribution in [0, 0.1) is 0 Å². The molecule has 0 aliphatic carbocycles. The Morgan fingerprint density at radius 2 is 2.21 bits per heavy atom. The van der Waals surface area contributed by atoms with Crippen molar-refractivity contribution in [3.63, 3.8) is 0 Å². The lowest BCUT2D eigenvalue weighted by atomic mass is 10.1. The normalized spacial score (nSPS) is 12.9. The Hall–Kier alpha value is -1.88. The molecule has 0 spiro atoms. The van der Waals surface area contributed by atoms with Crippen LogP contribution in [-0.4, -0.2) is 27.7 Å². The zero-order valence-electron chi connectivity index (χ0n) is 11.3. The highest BCUT2D eigenvalue weighted by Gasteiger charge is 2.19. The molecular formula is C14H18N2O3. The summed E-state index contributed by atoms with van der Waals surface area (Å²) >= 11 is 0. The van der Waals surface area contributed by atoms with Crippen molar-refractivity contribution in [2.24, 2.45) is 0 Å². The number of imidazole rings is 1. The monoisotopic (exact) mass is 262 g/mol. The number of hydrogen-bond donors (Lipinski definition) is 2. The average Bonchev–Trinajstić information content (AvgIpc) is 2.81. The molecule has 19 heavy (non-hydrogen) atoms. The maximum Gasteiger partial charge on any atom is 0.339 e. The van der Waals surface area contributed by atoms with Gasteiger partial charge >= 0.3 is 5.97 Å². The number of nitrogens with one attached hydrogen (secondary N) is 1. The topological polar surface area (TPSA) is 75.2 Å². The molecular weight excluding hydrogens is 244 g/mol. The highest BCUT2D eigenvalue weighted by Crippen LogP contribution is 2.22. The van der Waals surface area contributed by atoms with Crippen LogP contribution in [0.2, 0.25) is 0 Å². The van der Waals surface area contributed by atoms with Crippen LogP contribution < -0.4 is 0 Å². The summed E-state index contributed by atoms with van der Waals surface area (Å²) in [7, 11) is 0. The smallest absolute Gasteiger partial charge is 0.339 e. The van der Waals surface area contributed by atoms with E-state index in [2.05, 4.69) is 9.97 Å². The Kier molecular flexibility index (Phi) is 3.85. The summed E-state index contributed by atoms with van der Waals surface area (Å²) in [4.78, 5) is 19.1. The third kappa shape index (κ3) is 2.76. The highest BCUT2D eigenvalue weighted by atomic mass is 16.5. The van der Waals surface area contributed by atoms with Gasteiger partial charge in [0, 0.05) is 5.92 Å². The molecule has 1 heterocycles. The fraction of sp³-hybridized carbons (Fsp3) is 0.429. The number of carbonyl (C=O) groups excluding carboxylic acids is 1. The first-order valence-corrected chi connectivity index (χ1v) is 6.37. The van der Waals surface area contributed by atoms with Gasteiger partial charge in [-0.25, -0.2) is 9.78 Å². The van der Waals surface area contributed by atoms with Crippen LogP contribution in [0.5, 0.6) is 0 Å². The fourth-order valence-corrected chi connectivity index (χ4v) is 1.85. The van der Waals surface area contributed by atoms with E-state index in [4.69, 9.17) is 4.74 Å². The third-order valence-electron chi connectivity index (χ3n) is 2.90. The van der Waals surface area contributed by atoms with Crippen LogP contribution in [0.25, 0.3) is 11.0 Å². The quantitative estimate of drug-likeness (QED) is 0.829. The summed E-state index contributed by atoms with van der Waals surface area (Å²) in [5.74, 6) is 0.550. The van der Waals surface area contributed by atoms with Crippen LogP contribution in [-0.2, 0) is 9.53 Å². The van der Waals surface area contributed by atoms with E-state index in [0.29, 0.717) is 11.5 Å². The van der Waals surface area contributed by atoms with Gasteiger partial charge in [0.1, 0.15) is 5.82 Å². The second-order valence-electron chi connectivity index (χ2n) is 4.71. The molecule has 5 nitrogen and oxygen atoms in total. The molecule has 5 heteroatoms. The lowest BCUT2D eigenvalue weighted by Crippen LogP contribution is -2.15. The van der Waals surface area contributed by atoms with E-state index in [-0.39, 0.29) is 6.61 Å². The van der Waals surface area contributed by atoms with E-state index in [0.717, 1.165) is 16.9 Å². The Bertz CT molecular complexity index is 589. The molecule has 1 unspecified atom stereocenters. The van der Waals surface area contributed by atoms with Crippen molar-refractivity contribution in [3.8, 4) is 0 Å². The number of ether oxygens (including phenoxy) is 1. The van der Waals surface area contributed by atoms with Crippen molar-refractivity contribution in [3.05, 3.63) is 29.6 Å². The minimum Gasteiger partial charge on any atom is -0.464 e. The molecule has 0 aliphatic rings. The average molecular weight is 262 g/mol. The summed E-state index contributed by atoms with van der Waals surface area (Å²) in [6.07, 6.45) is -1.25. The van der Waals surface area contributed by atoms with Gasteiger partial charge in [0.25, 0.3) is 0 Å². The molecule has 1 aromatic carbocycles. The van der Waals surface area contributed by atoms with Crippen LogP contribution in [0.15, 0.2) is 18.2 Å². The second kappa shape index (κ2) is 5.40. The first-order chi connectivity index (χ1) is 9.02. The van der Waals surface area contributed by atoms with E-state index in [1.165, 1.54) is 0 Å². The first kappa shape index (κ1) is 13.5. The molecule has 1 atom stereocenters. The van der Waals surface area contributed by atoms with Gasteiger partial charge in [0.05, 0.1) is 17.6 Å². The summed E-state index contributed by atoms with van der Waals surface area (Å²) in [5.41, 5.74) is 2.14. The van der Waals surface area contributed by atoms with E-state index in [1.54, 1.807) is 25.1 Å². The largest absolute Gasteiger partial charge is 0.464 e. The van der Waals surface area contributed by atoms with Crippen molar-refractivity contribution in [2.45, 2.75) is 32.8 Å². The van der Waals surface area contributed by atoms with Crippen molar-refractivity contribution in [1.29, 1.82) is 0 Å². The molecule has 2 N–H and O–H groups in total. The van der Waals surface area contributed by atoms with Gasteiger partial charge in [-0.2, -0.15) is 0 Å². The molecule has 0 bridgehead atoms.